The van der Waals surface area contributed by atoms with Gasteiger partial charge in [0.25, 0.3) is 0 Å². The minimum absolute atomic E-state index is 0.0155. The number of carbonyl (C=O) groups is 2. The number of aliphatic carboxylic acids is 1. The smallest absolute Gasteiger partial charge is 0.344 e. The average Bonchev–Trinajstić information content (AvgIpc) is 2.35. The first kappa shape index (κ1) is 13.0. The fourth-order valence-electron chi connectivity index (χ4n) is 1.25. The van der Waals surface area contributed by atoms with Gasteiger partial charge in [-0.3, -0.25) is 0 Å². The molecule has 0 aromatic heterocycles. The molecule has 0 saturated heterocycles. The Labute approximate surface area is 99.5 Å². The van der Waals surface area contributed by atoms with E-state index in [4.69, 9.17) is 9.84 Å². The van der Waals surface area contributed by atoms with Crippen LogP contribution in [0.4, 0.5) is 0 Å². The predicted molar refractivity (Wildman–Crippen MR) is 62.6 cm³/mol. The number of benzene rings is 1. The molecule has 1 N–H and O–H groups in total. The normalized spacial score (nSPS) is 11.6. The van der Waals surface area contributed by atoms with Crippen LogP contribution in [0.5, 0.6) is 0 Å². The second kappa shape index (κ2) is 5.84. The third-order valence-corrected chi connectivity index (χ3v) is 2.34. The highest BCUT2D eigenvalue weighted by Crippen LogP contribution is 2.15. The van der Waals surface area contributed by atoms with Crippen molar-refractivity contribution in [3.8, 4) is 0 Å². The zero-order valence-electron chi connectivity index (χ0n) is 9.55. The Balaban J connectivity index is 2.49. The Morgan fingerprint density at radius 3 is 2.47 bits per heavy atom. The molecule has 0 spiro atoms. The number of carboxylic acids is 1. The maximum Gasteiger partial charge on any atom is 0.344 e. The first-order valence-electron chi connectivity index (χ1n) is 5.16. The van der Waals surface area contributed by atoms with E-state index in [0.717, 1.165) is 5.56 Å². The van der Waals surface area contributed by atoms with E-state index in [9.17, 15) is 9.59 Å². The van der Waals surface area contributed by atoms with Gasteiger partial charge in [-0.15, -0.1) is 0 Å². The summed E-state index contributed by atoms with van der Waals surface area (Å²) in [6.07, 6.45) is 0. The number of rotatable bonds is 5. The molecule has 0 fully saturated rings. The lowest BCUT2D eigenvalue weighted by atomic mass is 10.0. The van der Waals surface area contributed by atoms with Gasteiger partial charge in [0.05, 0.1) is 6.61 Å². The van der Waals surface area contributed by atoms with Crippen molar-refractivity contribution in [2.45, 2.75) is 12.8 Å². The zero-order valence-corrected chi connectivity index (χ0v) is 9.55. The Hall–Kier alpha value is -2.10. The van der Waals surface area contributed by atoms with Gasteiger partial charge in [0.1, 0.15) is 5.57 Å². The second-order valence-corrected chi connectivity index (χ2v) is 3.69. The van der Waals surface area contributed by atoms with Crippen molar-refractivity contribution in [3.05, 3.63) is 48.0 Å². The van der Waals surface area contributed by atoms with Crippen LogP contribution < -0.4 is 0 Å². The van der Waals surface area contributed by atoms with Crippen molar-refractivity contribution in [1.29, 1.82) is 0 Å². The topological polar surface area (TPSA) is 63.6 Å². The first-order chi connectivity index (χ1) is 8.02. The highest BCUT2D eigenvalue weighted by molar-refractivity contribution is 6.12. The van der Waals surface area contributed by atoms with Crippen molar-refractivity contribution < 1.29 is 19.4 Å². The van der Waals surface area contributed by atoms with Crippen molar-refractivity contribution >= 4 is 11.9 Å². The molecule has 0 bridgehead atoms. The van der Waals surface area contributed by atoms with Gasteiger partial charge in [0, 0.05) is 5.92 Å². The fourth-order valence-corrected chi connectivity index (χ4v) is 1.25. The number of carboxylic acid groups (broad SMARTS) is 1. The summed E-state index contributed by atoms with van der Waals surface area (Å²) >= 11 is 0. The van der Waals surface area contributed by atoms with Crippen molar-refractivity contribution in [2.24, 2.45) is 0 Å². The Morgan fingerprint density at radius 1 is 1.35 bits per heavy atom. The predicted octanol–water partition coefficient (Wildman–Crippen LogP) is 1.97. The van der Waals surface area contributed by atoms with E-state index < -0.39 is 17.5 Å². The van der Waals surface area contributed by atoms with E-state index >= 15 is 0 Å². The molecule has 0 aliphatic rings. The van der Waals surface area contributed by atoms with Crippen LogP contribution in [0, 0.1) is 0 Å². The Kier molecular flexibility index (Phi) is 4.46. The summed E-state index contributed by atoms with van der Waals surface area (Å²) in [5, 5.41) is 8.53. The maximum absolute atomic E-state index is 11.2. The molecule has 1 rings (SSSR count). The maximum atomic E-state index is 11.2. The lowest BCUT2D eigenvalue weighted by Crippen LogP contribution is -2.17. The third kappa shape index (κ3) is 3.75. The lowest BCUT2D eigenvalue weighted by molar-refractivity contribution is -0.144. The number of esters is 1. The quantitative estimate of drug-likeness (QED) is 0.366. The van der Waals surface area contributed by atoms with Crippen LogP contribution >= 0.6 is 0 Å². The summed E-state index contributed by atoms with van der Waals surface area (Å²) in [6.45, 7) is 5.16. The molecule has 1 aromatic rings. The van der Waals surface area contributed by atoms with E-state index in [1.54, 1.807) is 0 Å². The van der Waals surface area contributed by atoms with Crippen LogP contribution in [0.2, 0.25) is 0 Å². The fraction of sp³-hybridized carbons (Fsp3) is 0.231. The zero-order chi connectivity index (χ0) is 12.8. The van der Waals surface area contributed by atoms with Gasteiger partial charge in [-0.2, -0.15) is 0 Å². The molecular weight excluding hydrogens is 220 g/mol. The van der Waals surface area contributed by atoms with Gasteiger partial charge in [-0.1, -0.05) is 43.8 Å². The molecule has 17 heavy (non-hydrogen) atoms. The first-order valence-corrected chi connectivity index (χ1v) is 5.16. The molecule has 0 saturated carbocycles. The van der Waals surface area contributed by atoms with Crippen LogP contribution in [0.3, 0.4) is 0 Å². The second-order valence-electron chi connectivity index (χ2n) is 3.69. The van der Waals surface area contributed by atoms with Crippen LogP contribution in [0.1, 0.15) is 18.4 Å². The molecule has 1 atom stereocenters. The lowest BCUT2D eigenvalue weighted by Gasteiger charge is -2.12. The summed E-state index contributed by atoms with van der Waals surface area (Å²) in [5.41, 5.74) is 0.478. The van der Waals surface area contributed by atoms with Crippen LogP contribution in [-0.2, 0) is 14.3 Å². The summed E-state index contributed by atoms with van der Waals surface area (Å²) in [6, 6.07) is 9.53. The van der Waals surface area contributed by atoms with E-state index in [1.165, 1.54) is 0 Å². The minimum atomic E-state index is -1.36. The number of carbonyl (C=O) groups excluding carboxylic acids is 1. The van der Waals surface area contributed by atoms with Crippen molar-refractivity contribution in [3.63, 3.8) is 0 Å². The molecule has 90 valence electrons. The van der Waals surface area contributed by atoms with E-state index in [2.05, 4.69) is 6.58 Å². The van der Waals surface area contributed by atoms with Crippen molar-refractivity contribution in [2.75, 3.05) is 6.61 Å². The van der Waals surface area contributed by atoms with E-state index in [-0.39, 0.29) is 12.5 Å². The van der Waals surface area contributed by atoms with E-state index in [0.29, 0.717) is 0 Å². The van der Waals surface area contributed by atoms with Crippen LogP contribution in [0.15, 0.2) is 42.5 Å². The molecule has 0 radical (unpaired) electrons. The van der Waals surface area contributed by atoms with Gasteiger partial charge >= 0.3 is 11.9 Å². The van der Waals surface area contributed by atoms with Gasteiger partial charge < -0.3 is 9.84 Å². The molecule has 0 amide bonds. The molecule has 1 aromatic carbocycles. The number of ether oxygens (including phenoxy) is 1. The SMILES string of the molecule is C=C(C(=O)O)C(=O)OCC(C)c1ccccc1. The molecule has 0 aliphatic heterocycles. The van der Waals surface area contributed by atoms with Gasteiger partial charge in [0.15, 0.2) is 0 Å². The average molecular weight is 234 g/mol. The summed E-state index contributed by atoms with van der Waals surface area (Å²) in [4.78, 5) is 21.7. The number of hydrogen-bond donors (Lipinski definition) is 1. The molecule has 4 nitrogen and oxygen atoms in total. The standard InChI is InChI=1S/C13H14O4/c1-9(11-6-4-3-5-7-11)8-17-13(16)10(2)12(14)15/h3-7,9H,2,8H2,1H3,(H,14,15). The minimum Gasteiger partial charge on any atom is -0.477 e. The monoisotopic (exact) mass is 234 g/mol. The molecular formula is C13H14O4. The van der Waals surface area contributed by atoms with E-state index in [1.807, 2.05) is 37.3 Å². The van der Waals surface area contributed by atoms with Gasteiger partial charge in [-0.05, 0) is 5.56 Å². The Morgan fingerprint density at radius 2 is 1.94 bits per heavy atom. The summed E-state index contributed by atoms with van der Waals surface area (Å²) in [5.74, 6) is -2.23. The van der Waals surface area contributed by atoms with Crippen molar-refractivity contribution in [1.82, 2.24) is 0 Å². The molecule has 0 heterocycles. The molecule has 4 heteroatoms. The molecule has 0 aliphatic carbocycles. The highest BCUT2D eigenvalue weighted by Gasteiger charge is 2.17. The summed E-state index contributed by atoms with van der Waals surface area (Å²) in [7, 11) is 0. The van der Waals surface area contributed by atoms with Crippen LogP contribution in [0.25, 0.3) is 0 Å². The Bertz CT molecular complexity index is 422. The highest BCUT2D eigenvalue weighted by atomic mass is 16.5. The van der Waals surface area contributed by atoms with Gasteiger partial charge in [-0.25, -0.2) is 9.59 Å². The third-order valence-electron chi connectivity index (χ3n) is 2.34. The largest absolute Gasteiger partial charge is 0.477 e. The molecule has 1 unspecified atom stereocenters. The number of hydrogen-bond acceptors (Lipinski definition) is 3. The summed E-state index contributed by atoms with van der Waals surface area (Å²) < 4.78 is 4.86. The van der Waals surface area contributed by atoms with Gasteiger partial charge in [0.2, 0.25) is 0 Å². The van der Waals surface area contributed by atoms with Crippen LogP contribution in [-0.4, -0.2) is 23.7 Å².